The molecule has 2 amide bonds. The monoisotopic (exact) mass is 326 g/mol. The van der Waals surface area contributed by atoms with E-state index in [1.54, 1.807) is 6.07 Å². The second kappa shape index (κ2) is 8.58. The zero-order valence-corrected chi connectivity index (χ0v) is 14.1. The summed E-state index contributed by atoms with van der Waals surface area (Å²) in [6.07, 6.45) is 2.11. The van der Waals surface area contributed by atoms with E-state index in [0.717, 1.165) is 0 Å². The molecule has 0 aliphatic rings. The Morgan fingerprint density at radius 2 is 2.00 bits per heavy atom. The molecule has 1 aromatic heterocycles. The van der Waals surface area contributed by atoms with Crippen molar-refractivity contribution in [1.29, 1.82) is 0 Å². The number of anilines is 1. The van der Waals surface area contributed by atoms with Crippen LogP contribution in [-0.4, -0.2) is 35.4 Å². The Kier molecular flexibility index (Phi) is 7.11. The molecule has 0 aliphatic carbocycles. The summed E-state index contributed by atoms with van der Waals surface area (Å²) >= 11 is 5.88. The van der Waals surface area contributed by atoms with Crippen molar-refractivity contribution in [3.8, 4) is 0 Å². The first-order valence-electron chi connectivity index (χ1n) is 7.27. The fourth-order valence-electron chi connectivity index (χ4n) is 1.96. The second-order valence-electron chi connectivity index (χ2n) is 5.50. The molecule has 0 aromatic carbocycles. The summed E-state index contributed by atoms with van der Waals surface area (Å²) in [6.45, 7) is 7.78. The van der Waals surface area contributed by atoms with Crippen molar-refractivity contribution in [1.82, 2.24) is 15.6 Å². The van der Waals surface area contributed by atoms with Gasteiger partial charge in [0.05, 0.1) is 11.3 Å². The molecule has 0 spiro atoms. The lowest BCUT2D eigenvalue weighted by atomic mass is 10.2. The smallest absolute Gasteiger partial charge is 0.254 e. The third-order valence-corrected chi connectivity index (χ3v) is 3.08. The lowest BCUT2D eigenvalue weighted by Crippen LogP contribution is -2.35. The van der Waals surface area contributed by atoms with Gasteiger partial charge in [0, 0.05) is 31.7 Å². The van der Waals surface area contributed by atoms with Crippen molar-refractivity contribution in [3.05, 3.63) is 23.0 Å². The van der Waals surface area contributed by atoms with Gasteiger partial charge in [0.1, 0.15) is 5.15 Å². The molecule has 22 heavy (non-hydrogen) atoms. The topological polar surface area (TPSA) is 83.1 Å². The number of rotatable bonds is 7. The Morgan fingerprint density at radius 3 is 2.59 bits per heavy atom. The van der Waals surface area contributed by atoms with E-state index in [0.29, 0.717) is 29.4 Å². The summed E-state index contributed by atoms with van der Waals surface area (Å²) in [5, 5.41) is 9.10. The molecule has 7 heteroatoms. The van der Waals surface area contributed by atoms with E-state index in [9.17, 15) is 9.59 Å². The van der Waals surface area contributed by atoms with Gasteiger partial charge in [-0.3, -0.25) is 9.59 Å². The number of carbonyl (C=O) groups is 2. The van der Waals surface area contributed by atoms with Gasteiger partial charge in [0.15, 0.2) is 0 Å². The van der Waals surface area contributed by atoms with Gasteiger partial charge < -0.3 is 16.0 Å². The highest BCUT2D eigenvalue weighted by molar-refractivity contribution is 6.29. The van der Waals surface area contributed by atoms with Crippen molar-refractivity contribution in [3.63, 3.8) is 0 Å². The first-order chi connectivity index (χ1) is 10.3. The van der Waals surface area contributed by atoms with E-state index < -0.39 is 0 Å². The third kappa shape index (κ3) is 6.30. The number of hydrogen-bond acceptors (Lipinski definition) is 4. The minimum atomic E-state index is -0.220. The van der Waals surface area contributed by atoms with Gasteiger partial charge in [0.2, 0.25) is 5.91 Å². The zero-order valence-electron chi connectivity index (χ0n) is 13.4. The number of nitrogens with one attached hydrogen (secondary N) is 3. The van der Waals surface area contributed by atoms with E-state index >= 15 is 0 Å². The molecular weight excluding hydrogens is 304 g/mol. The molecule has 1 rings (SSSR count). The minimum Gasteiger partial charge on any atom is -0.382 e. The van der Waals surface area contributed by atoms with Crippen molar-refractivity contribution >= 4 is 29.1 Å². The molecule has 0 fully saturated rings. The van der Waals surface area contributed by atoms with Crippen LogP contribution in [0.2, 0.25) is 5.15 Å². The molecule has 0 aliphatic heterocycles. The van der Waals surface area contributed by atoms with Crippen LogP contribution in [0.4, 0.5) is 5.69 Å². The maximum Gasteiger partial charge on any atom is 0.254 e. The summed E-state index contributed by atoms with van der Waals surface area (Å²) in [7, 11) is 0. The molecule has 3 N–H and O–H groups in total. The number of hydrogen-bond donors (Lipinski definition) is 3. The van der Waals surface area contributed by atoms with E-state index in [1.807, 2.05) is 20.8 Å². The van der Waals surface area contributed by atoms with Crippen LogP contribution in [0.25, 0.3) is 0 Å². The highest BCUT2D eigenvalue weighted by Gasteiger charge is 2.14. The third-order valence-electron chi connectivity index (χ3n) is 2.87. The Labute approximate surface area is 136 Å². The van der Waals surface area contributed by atoms with E-state index in [1.165, 1.54) is 13.1 Å². The van der Waals surface area contributed by atoms with Gasteiger partial charge in [-0.2, -0.15) is 0 Å². The lowest BCUT2D eigenvalue weighted by Gasteiger charge is -2.16. The van der Waals surface area contributed by atoms with Crippen LogP contribution in [0.15, 0.2) is 12.3 Å². The van der Waals surface area contributed by atoms with E-state index in [4.69, 9.17) is 11.6 Å². The number of amides is 2. The van der Waals surface area contributed by atoms with Crippen molar-refractivity contribution in [2.24, 2.45) is 0 Å². The number of halogens is 1. The van der Waals surface area contributed by atoms with Crippen LogP contribution < -0.4 is 16.0 Å². The van der Waals surface area contributed by atoms with Gasteiger partial charge in [-0.15, -0.1) is 0 Å². The standard InChI is InChI=1S/C15H23ClN4O2/c1-9(2)19-13-7-14(16)18-8-12(13)15(22)17-6-5-10(3)20-11(4)21/h7-10H,5-6H2,1-4H3,(H,17,22)(H,18,19)(H,20,21)/t10-/m1/s1. The lowest BCUT2D eigenvalue weighted by molar-refractivity contribution is -0.119. The van der Waals surface area contributed by atoms with E-state index in [-0.39, 0.29) is 23.9 Å². The van der Waals surface area contributed by atoms with Gasteiger partial charge >= 0.3 is 0 Å². The Morgan fingerprint density at radius 1 is 1.32 bits per heavy atom. The van der Waals surface area contributed by atoms with Crippen LogP contribution in [0.3, 0.4) is 0 Å². The Hall–Kier alpha value is -1.82. The first-order valence-corrected chi connectivity index (χ1v) is 7.64. The minimum absolute atomic E-state index is 0.00871. The number of pyridine rings is 1. The Bertz CT molecular complexity index is 534. The fraction of sp³-hybridized carbons (Fsp3) is 0.533. The quantitative estimate of drug-likeness (QED) is 0.671. The largest absolute Gasteiger partial charge is 0.382 e. The number of aromatic nitrogens is 1. The predicted molar refractivity (Wildman–Crippen MR) is 88.2 cm³/mol. The van der Waals surface area contributed by atoms with E-state index in [2.05, 4.69) is 20.9 Å². The van der Waals surface area contributed by atoms with Crippen LogP contribution in [0.1, 0.15) is 44.5 Å². The summed E-state index contributed by atoms with van der Waals surface area (Å²) < 4.78 is 0. The van der Waals surface area contributed by atoms with Crippen molar-refractivity contribution in [2.75, 3.05) is 11.9 Å². The first kappa shape index (κ1) is 18.2. The van der Waals surface area contributed by atoms with Crippen LogP contribution in [0, 0.1) is 0 Å². The normalized spacial score (nSPS) is 11.9. The van der Waals surface area contributed by atoms with Gasteiger partial charge in [-0.05, 0) is 33.3 Å². The fourth-order valence-corrected chi connectivity index (χ4v) is 2.12. The molecule has 1 aromatic rings. The molecule has 1 atom stereocenters. The number of carbonyl (C=O) groups excluding carboxylic acids is 2. The number of nitrogens with zero attached hydrogens (tertiary/aromatic N) is 1. The van der Waals surface area contributed by atoms with Gasteiger partial charge in [-0.1, -0.05) is 11.6 Å². The van der Waals surface area contributed by atoms with Crippen molar-refractivity contribution < 1.29 is 9.59 Å². The highest BCUT2D eigenvalue weighted by atomic mass is 35.5. The molecule has 1 heterocycles. The summed E-state index contributed by atoms with van der Waals surface area (Å²) in [6, 6.07) is 1.82. The maximum atomic E-state index is 12.2. The van der Waals surface area contributed by atoms with Crippen molar-refractivity contribution in [2.45, 2.75) is 46.2 Å². The van der Waals surface area contributed by atoms with Gasteiger partial charge in [0.25, 0.3) is 5.91 Å². The summed E-state index contributed by atoms with van der Waals surface area (Å²) in [5.74, 6) is -0.300. The Balaban J connectivity index is 2.63. The molecule has 0 saturated carbocycles. The van der Waals surface area contributed by atoms with Crippen LogP contribution in [0.5, 0.6) is 0 Å². The molecular formula is C15H23ClN4O2. The van der Waals surface area contributed by atoms with Gasteiger partial charge in [-0.25, -0.2) is 4.98 Å². The zero-order chi connectivity index (χ0) is 16.7. The SMILES string of the molecule is CC(=O)N[C@H](C)CCNC(=O)c1cnc(Cl)cc1NC(C)C. The maximum absolute atomic E-state index is 12.2. The average Bonchev–Trinajstić information content (AvgIpc) is 2.36. The summed E-state index contributed by atoms with van der Waals surface area (Å²) in [5.41, 5.74) is 1.10. The molecule has 0 radical (unpaired) electrons. The summed E-state index contributed by atoms with van der Waals surface area (Å²) in [4.78, 5) is 27.1. The van der Waals surface area contributed by atoms with Crippen LogP contribution in [-0.2, 0) is 4.79 Å². The molecule has 0 saturated heterocycles. The molecule has 122 valence electrons. The highest BCUT2D eigenvalue weighted by Crippen LogP contribution is 2.19. The molecule has 6 nitrogen and oxygen atoms in total. The van der Waals surface area contributed by atoms with Crippen LogP contribution >= 0.6 is 11.6 Å². The second-order valence-corrected chi connectivity index (χ2v) is 5.89. The molecule has 0 bridgehead atoms. The predicted octanol–water partition coefficient (Wildman–Crippen LogP) is 2.20. The molecule has 0 unspecified atom stereocenters. The average molecular weight is 327 g/mol.